The Hall–Kier alpha value is -0.0800. The molecule has 1 rings (SSSR count). The van der Waals surface area contributed by atoms with Crippen molar-refractivity contribution in [2.45, 2.75) is 38.1 Å². The molecule has 0 aromatic rings. The van der Waals surface area contributed by atoms with Crippen molar-refractivity contribution < 1.29 is 5.11 Å². The second-order valence-corrected chi connectivity index (χ2v) is 4.46. The maximum Gasteiger partial charge on any atom is 0.0615 e. The largest absolute Gasteiger partial charge is 0.394 e. The minimum absolute atomic E-state index is 0.0898. The van der Waals surface area contributed by atoms with Crippen molar-refractivity contribution in [3.63, 3.8) is 0 Å². The SMILES string of the molecule is CC1CCC(CO)(N(C)C)CC1. The van der Waals surface area contributed by atoms with E-state index >= 15 is 0 Å². The molecule has 0 aliphatic heterocycles. The molecular weight excluding hydrogens is 150 g/mol. The second kappa shape index (κ2) is 3.75. The number of aliphatic hydroxyl groups excluding tert-OH is 1. The first-order chi connectivity index (χ1) is 5.60. The average Bonchev–Trinajstić information content (AvgIpc) is 2.06. The van der Waals surface area contributed by atoms with Crippen LogP contribution in [0.25, 0.3) is 0 Å². The lowest BCUT2D eigenvalue weighted by atomic mass is 9.77. The van der Waals surface area contributed by atoms with E-state index in [0.29, 0.717) is 6.61 Å². The molecule has 1 saturated carbocycles. The van der Waals surface area contributed by atoms with Crippen LogP contribution in [0.2, 0.25) is 0 Å². The molecule has 0 atom stereocenters. The first-order valence-corrected chi connectivity index (χ1v) is 4.89. The van der Waals surface area contributed by atoms with Gasteiger partial charge in [0.2, 0.25) is 0 Å². The molecule has 0 heterocycles. The maximum absolute atomic E-state index is 9.36. The lowest BCUT2D eigenvalue weighted by molar-refractivity contribution is 0.0247. The molecule has 0 bridgehead atoms. The monoisotopic (exact) mass is 171 g/mol. The minimum atomic E-state index is 0.0898. The van der Waals surface area contributed by atoms with E-state index < -0.39 is 0 Å². The van der Waals surface area contributed by atoms with Crippen LogP contribution in [0.3, 0.4) is 0 Å². The number of hydrogen-bond acceptors (Lipinski definition) is 2. The van der Waals surface area contributed by atoms with Crippen LogP contribution in [0.1, 0.15) is 32.6 Å². The van der Waals surface area contributed by atoms with Gasteiger partial charge in [-0.2, -0.15) is 0 Å². The molecule has 1 fully saturated rings. The van der Waals surface area contributed by atoms with Crippen molar-refractivity contribution in [1.29, 1.82) is 0 Å². The standard InChI is InChI=1S/C10H21NO/c1-9-4-6-10(8-12,7-5-9)11(2)3/h9,12H,4-8H2,1-3H3. The van der Waals surface area contributed by atoms with Gasteiger partial charge in [-0.15, -0.1) is 0 Å². The van der Waals surface area contributed by atoms with Gasteiger partial charge in [0.1, 0.15) is 0 Å². The molecule has 0 saturated heterocycles. The second-order valence-electron chi connectivity index (χ2n) is 4.46. The van der Waals surface area contributed by atoms with Crippen LogP contribution in [0.5, 0.6) is 0 Å². The summed E-state index contributed by atoms with van der Waals surface area (Å²) < 4.78 is 0. The number of aliphatic hydroxyl groups is 1. The van der Waals surface area contributed by atoms with Gasteiger partial charge < -0.3 is 10.0 Å². The third-order valence-electron chi connectivity index (χ3n) is 3.45. The van der Waals surface area contributed by atoms with Crippen LogP contribution < -0.4 is 0 Å². The number of nitrogens with zero attached hydrogens (tertiary/aromatic N) is 1. The van der Waals surface area contributed by atoms with E-state index in [1.54, 1.807) is 0 Å². The molecule has 0 unspecified atom stereocenters. The van der Waals surface area contributed by atoms with E-state index in [2.05, 4.69) is 25.9 Å². The normalized spacial score (nSPS) is 37.2. The predicted molar refractivity (Wildman–Crippen MR) is 51.1 cm³/mol. The van der Waals surface area contributed by atoms with Gasteiger partial charge in [-0.05, 0) is 45.7 Å². The van der Waals surface area contributed by atoms with Crippen LogP contribution in [0, 0.1) is 5.92 Å². The summed E-state index contributed by atoms with van der Waals surface area (Å²) in [5.41, 5.74) is 0.0898. The van der Waals surface area contributed by atoms with Crippen LogP contribution in [0.15, 0.2) is 0 Å². The highest BCUT2D eigenvalue weighted by molar-refractivity contribution is 4.91. The molecule has 1 aliphatic carbocycles. The molecule has 0 aromatic carbocycles. The van der Waals surface area contributed by atoms with Gasteiger partial charge in [0, 0.05) is 5.54 Å². The fourth-order valence-corrected chi connectivity index (χ4v) is 2.05. The van der Waals surface area contributed by atoms with Crippen molar-refractivity contribution in [2.24, 2.45) is 5.92 Å². The average molecular weight is 171 g/mol. The van der Waals surface area contributed by atoms with Crippen LogP contribution >= 0.6 is 0 Å². The molecule has 0 spiro atoms. The Morgan fingerprint density at radius 2 is 1.83 bits per heavy atom. The van der Waals surface area contributed by atoms with Crippen molar-refractivity contribution in [3.05, 3.63) is 0 Å². The van der Waals surface area contributed by atoms with Gasteiger partial charge in [-0.3, -0.25) is 0 Å². The van der Waals surface area contributed by atoms with E-state index in [-0.39, 0.29) is 5.54 Å². The molecule has 12 heavy (non-hydrogen) atoms. The van der Waals surface area contributed by atoms with Gasteiger partial charge >= 0.3 is 0 Å². The molecule has 72 valence electrons. The Kier molecular flexibility index (Phi) is 3.13. The van der Waals surface area contributed by atoms with Gasteiger partial charge in [-0.25, -0.2) is 0 Å². The zero-order valence-electron chi connectivity index (χ0n) is 8.51. The lowest BCUT2D eigenvalue weighted by Crippen LogP contribution is -2.49. The Morgan fingerprint density at radius 1 is 1.33 bits per heavy atom. The highest BCUT2D eigenvalue weighted by Gasteiger charge is 2.35. The zero-order valence-corrected chi connectivity index (χ0v) is 8.51. The topological polar surface area (TPSA) is 23.5 Å². The Labute approximate surface area is 75.6 Å². The molecule has 2 heteroatoms. The van der Waals surface area contributed by atoms with E-state index in [9.17, 15) is 5.11 Å². The number of rotatable bonds is 2. The Balaban J connectivity index is 2.57. The van der Waals surface area contributed by atoms with Gasteiger partial charge in [0.05, 0.1) is 6.61 Å². The highest BCUT2D eigenvalue weighted by atomic mass is 16.3. The summed E-state index contributed by atoms with van der Waals surface area (Å²) in [6.07, 6.45) is 4.83. The van der Waals surface area contributed by atoms with Crippen molar-refractivity contribution in [3.8, 4) is 0 Å². The first-order valence-electron chi connectivity index (χ1n) is 4.89. The van der Waals surface area contributed by atoms with Crippen LogP contribution in [-0.2, 0) is 0 Å². The quantitative estimate of drug-likeness (QED) is 0.680. The molecule has 0 aromatic heterocycles. The molecule has 0 amide bonds. The fraction of sp³-hybridized carbons (Fsp3) is 1.00. The fourth-order valence-electron chi connectivity index (χ4n) is 2.05. The Bertz CT molecular complexity index is 137. The summed E-state index contributed by atoms with van der Waals surface area (Å²) in [6.45, 7) is 2.61. The maximum atomic E-state index is 9.36. The van der Waals surface area contributed by atoms with E-state index in [0.717, 1.165) is 18.8 Å². The van der Waals surface area contributed by atoms with Crippen molar-refractivity contribution >= 4 is 0 Å². The summed E-state index contributed by atoms with van der Waals surface area (Å²) in [5, 5.41) is 9.36. The first kappa shape index (κ1) is 10.0. The summed E-state index contributed by atoms with van der Waals surface area (Å²) >= 11 is 0. The Morgan fingerprint density at radius 3 is 2.17 bits per heavy atom. The zero-order chi connectivity index (χ0) is 9.19. The van der Waals surface area contributed by atoms with Crippen LogP contribution in [-0.4, -0.2) is 36.2 Å². The van der Waals surface area contributed by atoms with E-state index in [4.69, 9.17) is 0 Å². The van der Waals surface area contributed by atoms with Crippen molar-refractivity contribution in [2.75, 3.05) is 20.7 Å². The lowest BCUT2D eigenvalue weighted by Gasteiger charge is -2.43. The molecule has 2 nitrogen and oxygen atoms in total. The summed E-state index contributed by atoms with van der Waals surface area (Å²) in [4.78, 5) is 2.19. The summed E-state index contributed by atoms with van der Waals surface area (Å²) in [6, 6.07) is 0. The smallest absolute Gasteiger partial charge is 0.0615 e. The summed E-state index contributed by atoms with van der Waals surface area (Å²) in [5.74, 6) is 0.852. The predicted octanol–water partition coefficient (Wildman–Crippen LogP) is 1.49. The van der Waals surface area contributed by atoms with E-state index in [1.807, 2.05) is 0 Å². The van der Waals surface area contributed by atoms with Crippen LogP contribution in [0.4, 0.5) is 0 Å². The molecular formula is C10H21NO. The van der Waals surface area contributed by atoms with Gasteiger partial charge in [0.15, 0.2) is 0 Å². The van der Waals surface area contributed by atoms with E-state index in [1.165, 1.54) is 12.8 Å². The molecule has 1 aliphatic rings. The summed E-state index contributed by atoms with van der Waals surface area (Å²) in [7, 11) is 4.15. The van der Waals surface area contributed by atoms with Crippen molar-refractivity contribution in [1.82, 2.24) is 4.90 Å². The number of likely N-dealkylation sites (N-methyl/N-ethyl adjacent to an activating group) is 1. The molecule has 0 radical (unpaired) electrons. The third kappa shape index (κ3) is 1.80. The highest BCUT2D eigenvalue weighted by Crippen LogP contribution is 2.34. The minimum Gasteiger partial charge on any atom is -0.394 e. The van der Waals surface area contributed by atoms with Gasteiger partial charge in [0.25, 0.3) is 0 Å². The third-order valence-corrected chi connectivity index (χ3v) is 3.45. The molecule has 1 N–H and O–H groups in total. The number of hydrogen-bond donors (Lipinski definition) is 1. The van der Waals surface area contributed by atoms with Gasteiger partial charge in [-0.1, -0.05) is 6.92 Å².